The minimum Gasteiger partial charge on any atom is -0.464 e. The molecular weight excluding hydrogens is 482 g/mol. The molecular formula is C27H35NO9. The van der Waals surface area contributed by atoms with Gasteiger partial charge in [-0.1, -0.05) is 12.1 Å². The van der Waals surface area contributed by atoms with Gasteiger partial charge in [0, 0.05) is 43.7 Å². The summed E-state index contributed by atoms with van der Waals surface area (Å²) in [6.07, 6.45) is 2.97. The first-order valence-electron chi connectivity index (χ1n) is 12.8. The van der Waals surface area contributed by atoms with Crippen LogP contribution in [0.15, 0.2) is 51.6 Å². The van der Waals surface area contributed by atoms with Crippen LogP contribution in [0.25, 0.3) is 11.0 Å². The highest BCUT2D eigenvalue weighted by Crippen LogP contribution is 2.38. The molecule has 4 rings (SSSR count). The molecule has 202 valence electrons. The van der Waals surface area contributed by atoms with E-state index in [4.69, 9.17) is 33.2 Å². The van der Waals surface area contributed by atoms with Gasteiger partial charge in [-0.05, 0) is 31.6 Å². The van der Waals surface area contributed by atoms with E-state index in [-0.39, 0.29) is 36.2 Å². The molecule has 1 saturated heterocycles. The minimum absolute atomic E-state index is 0.0384. The normalized spacial score (nSPS) is 22.1. The maximum Gasteiger partial charge on any atom is 0.288 e. The molecule has 10 heteroatoms. The smallest absolute Gasteiger partial charge is 0.288 e. The molecule has 1 aromatic heterocycles. The number of hydrogen-bond donors (Lipinski definition) is 1. The van der Waals surface area contributed by atoms with Crippen molar-refractivity contribution in [2.24, 2.45) is 5.92 Å². The lowest BCUT2D eigenvalue weighted by Crippen LogP contribution is -2.45. The number of para-hydroxylation sites is 1. The van der Waals surface area contributed by atoms with Crippen LogP contribution in [0.1, 0.15) is 24.8 Å². The first kappa shape index (κ1) is 27.3. The quantitative estimate of drug-likeness (QED) is 0.422. The van der Waals surface area contributed by atoms with Gasteiger partial charge >= 0.3 is 0 Å². The number of aliphatic hydroxyl groups excluding tert-OH is 1. The summed E-state index contributed by atoms with van der Waals surface area (Å²) < 4.78 is 34.2. The number of aliphatic hydroxyl groups is 1. The van der Waals surface area contributed by atoms with E-state index in [1.165, 1.54) is 6.26 Å². The van der Waals surface area contributed by atoms with Crippen LogP contribution >= 0.6 is 0 Å². The molecule has 2 aliphatic heterocycles. The second kappa shape index (κ2) is 13.7. The number of morpholine rings is 1. The van der Waals surface area contributed by atoms with Gasteiger partial charge in [0.1, 0.15) is 5.58 Å². The van der Waals surface area contributed by atoms with Crippen LogP contribution in [0.2, 0.25) is 0 Å². The van der Waals surface area contributed by atoms with E-state index in [1.807, 2.05) is 13.0 Å². The van der Waals surface area contributed by atoms with Crippen LogP contribution in [-0.4, -0.2) is 88.1 Å². The Balaban J connectivity index is 1.63. The van der Waals surface area contributed by atoms with Crippen molar-refractivity contribution >= 4 is 16.9 Å². The number of hydrogen-bond acceptors (Lipinski definition) is 9. The molecule has 1 N–H and O–H groups in total. The van der Waals surface area contributed by atoms with E-state index in [9.17, 15) is 9.59 Å². The van der Waals surface area contributed by atoms with Gasteiger partial charge in [-0.15, -0.1) is 0 Å². The lowest BCUT2D eigenvalue weighted by atomic mass is 9.81. The maximum atomic E-state index is 13.5. The summed E-state index contributed by atoms with van der Waals surface area (Å²) in [6, 6.07) is 7.09. The molecule has 1 fully saturated rings. The Kier molecular flexibility index (Phi) is 10.1. The Morgan fingerprint density at radius 2 is 1.86 bits per heavy atom. The number of rotatable bonds is 12. The molecule has 3 atom stereocenters. The molecule has 37 heavy (non-hydrogen) atoms. The fourth-order valence-corrected chi connectivity index (χ4v) is 4.64. The Labute approximate surface area is 215 Å². The van der Waals surface area contributed by atoms with Gasteiger partial charge in [-0.25, -0.2) is 0 Å². The second-order valence-electron chi connectivity index (χ2n) is 8.82. The minimum atomic E-state index is -0.750. The summed E-state index contributed by atoms with van der Waals surface area (Å²) in [5.74, 6) is -0.879. The van der Waals surface area contributed by atoms with Crippen molar-refractivity contribution in [1.29, 1.82) is 0 Å². The molecule has 0 unspecified atom stereocenters. The van der Waals surface area contributed by atoms with Gasteiger partial charge in [0.15, 0.2) is 11.2 Å². The van der Waals surface area contributed by atoms with Crippen molar-refractivity contribution in [3.63, 3.8) is 0 Å². The third kappa shape index (κ3) is 6.77. The van der Waals surface area contributed by atoms with Gasteiger partial charge in [-0.3, -0.25) is 9.59 Å². The van der Waals surface area contributed by atoms with Crippen LogP contribution < -0.4 is 5.43 Å². The number of amides is 1. The first-order chi connectivity index (χ1) is 18.1. The van der Waals surface area contributed by atoms with Crippen LogP contribution in [0, 0.1) is 5.92 Å². The SMILES string of the molecule is CCO[C@H]1OC(C(=O)N2CCOCC2)=C[C@@H](c2coc3ccccc3c2=O)[C@@H]1CCOCCOCCO. The van der Waals surface area contributed by atoms with Gasteiger partial charge in [0.2, 0.25) is 6.29 Å². The topological polar surface area (TPSA) is 117 Å². The van der Waals surface area contributed by atoms with Gasteiger partial charge in [-0.2, -0.15) is 0 Å². The van der Waals surface area contributed by atoms with E-state index in [0.29, 0.717) is 75.7 Å². The van der Waals surface area contributed by atoms with E-state index in [2.05, 4.69) is 0 Å². The summed E-state index contributed by atoms with van der Waals surface area (Å²) in [6.45, 7) is 5.43. The number of ether oxygens (including phenoxy) is 5. The molecule has 10 nitrogen and oxygen atoms in total. The molecule has 1 aromatic carbocycles. The van der Waals surface area contributed by atoms with Crippen molar-refractivity contribution < 1.29 is 38.0 Å². The zero-order valence-corrected chi connectivity index (χ0v) is 21.1. The van der Waals surface area contributed by atoms with Crippen LogP contribution in [0.4, 0.5) is 0 Å². The zero-order valence-electron chi connectivity index (χ0n) is 21.1. The highest BCUT2D eigenvalue weighted by molar-refractivity contribution is 5.92. The summed E-state index contributed by atoms with van der Waals surface area (Å²) in [5.41, 5.74) is 0.790. The molecule has 0 radical (unpaired) electrons. The van der Waals surface area contributed by atoms with Crippen molar-refractivity contribution in [2.45, 2.75) is 25.6 Å². The summed E-state index contributed by atoms with van der Waals surface area (Å²) in [5, 5.41) is 9.30. The van der Waals surface area contributed by atoms with Crippen molar-refractivity contribution in [3.8, 4) is 0 Å². The fraction of sp³-hybridized carbons (Fsp3) is 0.556. The summed E-state index contributed by atoms with van der Waals surface area (Å²) in [7, 11) is 0. The lowest BCUT2D eigenvalue weighted by molar-refractivity contribution is -0.173. The van der Waals surface area contributed by atoms with Gasteiger partial charge in [0.25, 0.3) is 5.91 Å². The van der Waals surface area contributed by atoms with Crippen molar-refractivity contribution in [2.75, 3.05) is 65.9 Å². The molecule has 0 spiro atoms. The monoisotopic (exact) mass is 517 g/mol. The van der Waals surface area contributed by atoms with E-state index in [0.717, 1.165) is 0 Å². The first-order valence-corrected chi connectivity index (χ1v) is 12.8. The second-order valence-corrected chi connectivity index (χ2v) is 8.82. The zero-order chi connectivity index (χ0) is 26.0. The summed E-state index contributed by atoms with van der Waals surface area (Å²) in [4.78, 5) is 28.6. The largest absolute Gasteiger partial charge is 0.464 e. The Morgan fingerprint density at radius 3 is 2.62 bits per heavy atom. The average Bonchev–Trinajstić information content (AvgIpc) is 2.93. The van der Waals surface area contributed by atoms with Crippen molar-refractivity contribution in [1.82, 2.24) is 4.90 Å². The van der Waals surface area contributed by atoms with E-state index in [1.54, 1.807) is 29.2 Å². The Hall–Kier alpha value is -2.76. The highest BCUT2D eigenvalue weighted by Gasteiger charge is 2.40. The highest BCUT2D eigenvalue weighted by atomic mass is 16.7. The predicted molar refractivity (Wildman–Crippen MR) is 134 cm³/mol. The van der Waals surface area contributed by atoms with Crippen molar-refractivity contribution in [3.05, 3.63) is 58.2 Å². The molecule has 2 aliphatic rings. The number of nitrogens with zero attached hydrogens (tertiary/aromatic N) is 1. The van der Waals surface area contributed by atoms with Crippen LogP contribution in [-0.2, 0) is 28.5 Å². The van der Waals surface area contributed by atoms with Gasteiger partial charge < -0.3 is 38.1 Å². The average molecular weight is 518 g/mol. The lowest BCUT2D eigenvalue weighted by Gasteiger charge is -2.38. The fourth-order valence-electron chi connectivity index (χ4n) is 4.64. The number of allylic oxidation sites excluding steroid dienone is 1. The number of benzene rings is 1. The Bertz CT molecular complexity index is 1110. The predicted octanol–water partition coefficient (Wildman–Crippen LogP) is 2.04. The van der Waals surface area contributed by atoms with Gasteiger partial charge in [0.05, 0.1) is 51.3 Å². The van der Waals surface area contributed by atoms with Crippen LogP contribution in [0.3, 0.4) is 0 Å². The van der Waals surface area contributed by atoms with E-state index < -0.39 is 12.2 Å². The third-order valence-electron chi connectivity index (χ3n) is 6.49. The van der Waals surface area contributed by atoms with E-state index >= 15 is 0 Å². The van der Waals surface area contributed by atoms with Crippen LogP contribution in [0.5, 0.6) is 0 Å². The third-order valence-corrected chi connectivity index (χ3v) is 6.49. The standard InChI is InChI=1S/C27H35NO9/c1-2-35-27-19(7-11-32-15-16-34-14-10-29)21(17-24(37-27)26(31)28-8-12-33-13-9-28)22-18-36-23-6-4-3-5-20(23)25(22)30/h3-6,17-19,21,27,29H,2,7-16H2,1H3/t19-,21+,27-/m0/s1. The molecule has 2 aromatic rings. The maximum absolute atomic E-state index is 13.5. The number of carbonyl (C=O) groups excluding carboxylic acids is 1. The summed E-state index contributed by atoms with van der Waals surface area (Å²) >= 11 is 0. The molecule has 0 bridgehead atoms. The number of fused-ring (bicyclic) bond motifs is 1. The molecule has 1 amide bonds. The number of carbonyl (C=O) groups is 1. The molecule has 0 saturated carbocycles. The molecule has 3 heterocycles. The molecule has 0 aliphatic carbocycles. The Morgan fingerprint density at radius 1 is 1.11 bits per heavy atom.